The highest BCUT2D eigenvalue weighted by atomic mass is 35.5. The minimum Gasteiger partial charge on any atom is -0.487 e. The lowest BCUT2D eigenvalue weighted by Crippen LogP contribution is -2.45. The molecule has 1 aliphatic heterocycles. The van der Waals surface area contributed by atoms with E-state index in [2.05, 4.69) is 10.1 Å². The minimum atomic E-state index is -0.0818. The van der Waals surface area contributed by atoms with Gasteiger partial charge in [-0.25, -0.2) is 0 Å². The number of aromatic nitrogens is 2. The highest BCUT2D eigenvalue weighted by Gasteiger charge is 2.26. The molecule has 0 radical (unpaired) electrons. The van der Waals surface area contributed by atoms with Crippen molar-refractivity contribution in [3.8, 4) is 5.75 Å². The number of hydrogen-bond donors (Lipinski definition) is 0. The number of halogens is 1. The van der Waals surface area contributed by atoms with Crippen LogP contribution in [0.1, 0.15) is 18.5 Å². The van der Waals surface area contributed by atoms with E-state index in [4.69, 9.17) is 20.9 Å². The Balaban J connectivity index is 1.42. The molecule has 1 fully saturated rings. The number of ether oxygens (including phenoxy) is 1. The van der Waals surface area contributed by atoms with Crippen LogP contribution in [0.25, 0.3) is 11.0 Å². The number of amides is 1. The molecule has 7 heteroatoms. The molecule has 0 N–H and O–H groups in total. The molecule has 4 rings (SSSR count). The van der Waals surface area contributed by atoms with Gasteiger partial charge in [-0.05, 0) is 25.0 Å². The number of likely N-dealkylation sites (tertiary alicyclic amines) is 1. The number of pyridine rings is 1. The second-order valence-electron chi connectivity index (χ2n) is 6.33. The smallest absolute Gasteiger partial charge is 0.228 e. The number of para-hydroxylation sites is 1. The van der Waals surface area contributed by atoms with Crippen LogP contribution in [0.3, 0.4) is 0 Å². The van der Waals surface area contributed by atoms with E-state index >= 15 is 0 Å². The molecule has 0 spiro atoms. The molecule has 6 nitrogen and oxygen atoms in total. The third kappa shape index (κ3) is 3.51. The topological polar surface area (TPSA) is 68.5 Å². The van der Waals surface area contributed by atoms with Crippen LogP contribution in [-0.2, 0) is 11.2 Å². The fourth-order valence-corrected chi connectivity index (χ4v) is 3.38. The lowest BCUT2D eigenvalue weighted by atomic mass is 10.1. The summed E-state index contributed by atoms with van der Waals surface area (Å²) in [5, 5.41) is 5.41. The van der Waals surface area contributed by atoms with E-state index in [0.29, 0.717) is 28.6 Å². The number of carbonyl (C=O) groups is 1. The molecule has 1 saturated heterocycles. The van der Waals surface area contributed by atoms with Crippen molar-refractivity contribution in [2.45, 2.75) is 25.4 Å². The van der Waals surface area contributed by atoms with Gasteiger partial charge in [0.15, 0.2) is 5.58 Å². The predicted molar refractivity (Wildman–Crippen MR) is 97.2 cm³/mol. The number of nitrogens with zero attached hydrogens (tertiary/aromatic N) is 3. The maximum absolute atomic E-state index is 12.7. The van der Waals surface area contributed by atoms with Crippen molar-refractivity contribution in [1.82, 2.24) is 15.0 Å². The molecule has 3 heterocycles. The molecule has 2 aromatic heterocycles. The van der Waals surface area contributed by atoms with Crippen LogP contribution >= 0.6 is 11.6 Å². The van der Waals surface area contributed by atoms with Gasteiger partial charge in [0.25, 0.3) is 0 Å². The summed E-state index contributed by atoms with van der Waals surface area (Å²) in [6.07, 6.45) is 5.11. The zero-order chi connectivity index (χ0) is 17.9. The molecular formula is C19H18ClN3O3. The highest BCUT2D eigenvalue weighted by molar-refractivity contribution is 6.31. The van der Waals surface area contributed by atoms with Crippen molar-refractivity contribution in [3.05, 3.63) is 53.4 Å². The number of hydrogen-bond acceptors (Lipinski definition) is 5. The van der Waals surface area contributed by atoms with Crippen LogP contribution in [0.4, 0.5) is 0 Å². The molecule has 26 heavy (non-hydrogen) atoms. The molecular weight excluding hydrogens is 354 g/mol. The van der Waals surface area contributed by atoms with Gasteiger partial charge in [-0.3, -0.25) is 9.78 Å². The first-order valence-corrected chi connectivity index (χ1v) is 8.96. The van der Waals surface area contributed by atoms with Crippen LogP contribution in [0.2, 0.25) is 5.02 Å². The Kier molecular flexibility index (Phi) is 4.75. The Labute approximate surface area is 155 Å². The molecule has 1 aromatic carbocycles. The quantitative estimate of drug-likeness (QED) is 0.702. The van der Waals surface area contributed by atoms with Crippen molar-refractivity contribution in [2.24, 2.45) is 0 Å². The van der Waals surface area contributed by atoms with Crippen molar-refractivity contribution < 1.29 is 14.1 Å². The van der Waals surface area contributed by atoms with E-state index in [1.807, 2.05) is 29.2 Å². The number of piperidine rings is 1. The third-order valence-corrected chi connectivity index (χ3v) is 4.81. The molecule has 0 bridgehead atoms. The summed E-state index contributed by atoms with van der Waals surface area (Å²) >= 11 is 6.11. The SMILES string of the molecule is O=C(Cc1noc2ccccc12)N1CCCC(Oc2ccncc2Cl)C1. The van der Waals surface area contributed by atoms with Gasteiger partial charge >= 0.3 is 0 Å². The molecule has 134 valence electrons. The second kappa shape index (κ2) is 7.33. The van der Waals surface area contributed by atoms with Gasteiger partial charge in [0, 0.05) is 30.4 Å². The van der Waals surface area contributed by atoms with Gasteiger partial charge in [0.1, 0.15) is 22.6 Å². The molecule has 1 amide bonds. The maximum Gasteiger partial charge on any atom is 0.228 e. The van der Waals surface area contributed by atoms with Crippen molar-refractivity contribution in [1.29, 1.82) is 0 Å². The zero-order valence-corrected chi connectivity index (χ0v) is 14.9. The average molecular weight is 372 g/mol. The van der Waals surface area contributed by atoms with Gasteiger partial charge in [0.2, 0.25) is 5.91 Å². The van der Waals surface area contributed by atoms with E-state index in [1.54, 1.807) is 18.5 Å². The fraction of sp³-hybridized carbons (Fsp3) is 0.316. The summed E-state index contributed by atoms with van der Waals surface area (Å²) in [5.41, 5.74) is 1.37. The molecule has 1 aliphatic rings. The van der Waals surface area contributed by atoms with E-state index in [0.717, 1.165) is 24.8 Å². The molecule has 1 unspecified atom stereocenters. The van der Waals surface area contributed by atoms with Crippen molar-refractivity contribution >= 4 is 28.5 Å². The number of rotatable bonds is 4. The Morgan fingerprint density at radius 3 is 3.12 bits per heavy atom. The van der Waals surface area contributed by atoms with Crippen molar-refractivity contribution in [2.75, 3.05) is 13.1 Å². The Hall–Kier alpha value is -2.60. The van der Waals surface area contributed by atoms with Gasteiger partial charge < -0.3 is 14.2 Å². The monoisotopic (exact) mass is 371 g/mol. The standard InChI is InChI=1S/C19H18ClN3O3/c20-15-11-21-8-7-18(15)25-13-4-3-9-23(12-13)19(24)10-16-14-5-1-2-6-17(14)26-22-16/h1-2,5-8,11,13H,3-4,9-10,12H2. The predicted octanol–water partition coefficient (Wildman–Crippen LogP) is 3.49. The van der Waals surface area contributed by atoms with Gasteiger partial charge in [-0.1, -0.05) is 28.9 Å². The fourth-order valence-electron chi connectivity index (χ4n) is 3.22. The normalized spacial score (nSPS) is 17.4. The average Bonchev–Trinajstić information content (AvgIpc) is 3.07. The largest absolute Gasteiger partial charge is 0.487 e. The van der Waals surface area contributed by atoms with Gasteiger partial charge in [-0.2, -0.15) is 0 Å². The van der Waals surface area contributed by atoms with E-state index < -0.39 is 0 Å². The first kappa shape index (κ1) is 16.8. The van der Waals surface area contributed by atoms with Crippen LogP contribution < -0.4 is 4.74 Å². The molecule has 0 saturated carbocycles. The lowest BCUT2D eigenvalue weighted by Gasteiger charge is -2.33. The van der Waals surface area contributed by atoms with Crippen LogP contribution in [0, 0.1) is 0 Å². The van der Waals surface area contributed by atoms with Crippen molar-refractivity contribution in [3.63, 3.8) is 0 Å². The number of fused-ring (bicyclic) bond motifs is 1. The minimum absolute atomic E-state index is 0.0261. The summed E-state index contributed by atoms with van der Waals surface area (Å²) < 4.78 is 11.3. The Morgan fingerprint density at radius 2 is 2.23 bits per heavy atom. The van der Waals surface area contributed by atoms with Crippen LogP contribution in [-0.4, -0.2) is 40.1 Å². The van der Waals surface area contributed by atoms with Crippen LogP contribution in [0.15, 0.2) is 47.2 Å². The van der Waals surface area contributed by atoms with Gasteiger partial charge in [-0.15, -0.1) is 0 Å². The molecule has 1 atom stereocenters. The van der Waals surface area contributed by atoms with E-state index in [-0.39, 0.29) is 18.4 Å². The summed E-state index contributed by atoms with van der Waals surface area (Å²) in [6.45, 7) is 1.26. The number of carbonyl (C=O) groups excluding carboxylic acids is 1. The van der Waals surface area contributed by atoms with Gasteiger partial charge in [0.05, 0.1) is 13.0 Å². The summed E-state index contributed by atoms with van der Waals surface area (Å²) in [7, 11) is 0. The second-order valence-corrected chi connectivity index (χ2v) is 6.74. The molecule has 0 aliphatic carbocycles. The summed E-state index contributed by atoms with van der Waals surface area (Å²) in [5.74, 6) is 0.627. The van der Waals surface area contributed by atoms with E-state index in [1.165, 1.54) is 0 Å². The Morgan fingerprint density at radius 1 is 1.35 bits per heavy atom. The zero-order valence-electron chi connectivity index (χ0n) is 14.1. The van der Waals surface area contributed by atoms with E-state index in [9.17, 15) is 4.79 Å². The lowest BCUT2D eigenvalue weighted by molar-refractivity contribution is -0.133. The summed E-state index contributed by atoms with van der Waals surface area (Å²) in [4.78, 5) is 18.5. The molecule has 3 aromatic rings. The summed E-state index contributed by atoms with van der Waals surface area (Å²) in [6, 6.07) is 9.30. The highest BCUT2D eigenvalue weighted by Crippen LogP contribution is 2.26. The first-order chi connectivity index (χ1) is 12.7. The Bertz CT molecular complexity index is 927. The van der Waals surface area contributed by atoms with Crippen LogP contribution in [0.5, 0.6) is 5.75 Å². The number of benzene rings is 1. The first-order valence-electron chi connectivity index (χ1n) is 8.58. The maximum atomic E-state index is 12.7. The third-order valence-electron chi connectivity index (χ3n) is 4.53.